The van der Waals surface area contributed by atoms with E-state index in [9.17, 15) is 14.4 Å². The number of unbranched alkanes of at least 4 members (excludes halogenated alkanes) is 4. The van der Waals surface area contributed by atoms with Crippen molar-refractivity contribution in [2.24, 2.45) is 0 Å². The van der Waals surface area contributed by atoms with Gasteiger partial charge in [0.2, 0.25) is 11.8 Å². The van der Waals surface area contributed by atoms with Gasteiger partial charge in [-0.25, -0.2) is 4.79 Å². The van der Waals surface area contributed by atoms with Crippen molar-refractivity contribution in [3.8, 4) is 0 Å². The van der Waals surface area contributed by atoms with Crippen LogP contribution in [0.3, 0.4) is 0 Å². The maximum Gasteiger partial charge on any atom is 0.408 e. The van der Waals surface area contributed by atoms with Gasteiger partial charge in [-0.05, 0) is 82.6 Å². The van der Waals surface area contributed by atoms with Crippen LogP contribution in [0.4, 0.5) is 4.79 Å². The molecule has 0 aliphatic rings. The van der Waals surface area contributed by atoms with Gasteiger partial charge in [-0.3, -0.25) is 9.59 Å². The van der Waals surface area contributed by atoms with E-state index in [1.165, 1.54) is 0 Å². The first-order valence-corrected chi connectivity index (χ1v) is 15.5. The monoisotopic (exact) mass is 549 g/mol. The number of carbonyl (C=O) groups excluding carboxylic acids is 3. The molecule has 0 spiro atoms. The third kappa shape index (κ3) is 11.7. The number of thioether (sulfide) groups is 1. The number of nitrogens with one attached hydrogen (secondary N) is 2. The Bertz CT molecular complexity index is 864. The van der Waals surface area contributed by atoms with Gasteiger partial charge >= 0.3 is 6.09 Å². The van der Waals surface area contributed by atoms with Crippen LogP contribution in [0, 0.1) is 13.8 Å². The topological polar surface area (TPSA) is 87.7 Å². The number of benzene rings is 1. The van der Waals surface area contributed by atoms with Gasteiger partial charge in [0.25, 0.3) is 0 Å². The summed E-state index contributed by atoms with van der Waals surface area (Å²) in [6.45, 7) is 14.6. The summed E-state index contributed by atoms with van der Waals surface area (Å²) in [6.07, 6.45) is 7.50. The number of hydrogen-bond donors (Lipinski definition) is 2. The molecule has 0 bridgehead atoms. The molecule has 8 heteroatoms. The van der Waals surface area contributed by atoms with E-state index in [4.69, 9.17) is 4.74 Å². The number of rotatable bonds is 16. The molecule has 0 saturated heterocycles. The number of alkyl carbamates (subject to hydrolysis) is 1. The fourth-order valence-electron chi connectivity index (χ4n) is 4.39. The second-order valence-corrected chi connectivity index (χ2v) is 11.9. The number of nitrogens with zero attached hydrogens (tertiary/aromatic N) is 1. The third-order valence-corrected chi connectivity index (χ3v) is 6.98. The van der Waals surface area contributed by atoms with Crippen LogP contribution in [-0.2, 0) is 14.3 Å². The van der Waals surface area contributed by atoms with Crippen LogP contribution in [0.5, 0.6) is 0 Å². The van der Waals surface area contributed by atoms with Crippen LogP contribution in [0.2, 0.25) is 0 Å². The average molecular weight is 550 g/mol. The molecule has 2 atom stereocenters. The van der Waals surface area contributed by atoms with Crippen LogP contribution < -0.4 is 10.6 Å². The average Bonchev–Trinajstić information content (AvgIpc) is 2.83. The molecule has 0 aromatic heterocycles. The molecule has 0 fully saturated rings. The maximum atomic E-state index is 14.3. The summed E-state index contributed by atoms with van der Waals surface area (Å²) >= 11 is 1.61. The molecule has 0 heterocycles. The molecule has 3 amide bonds. The number of hydrogen-bond acceptors (Lipinski definition) is 5. The first-order chi connectivity index (χ1) is 18.0. The van der Waals surface area contributed by atoms with E-state index < -0.39 is 23.8 Å². The molecular weight excluding hydrogens is 498 g/mol. The van der Waals surface area contributed by atoms with Crippen molar-refractivity contribution < 1.29 is 19.1 Å². The Kier molecular flexibility index (Phi) is 15.5. The van der Waals surface area contributed by atoms with E-state index in [-0.39, 0.29) is 11.8 Å². The van der Waals surface area contributed by atoms with Crippen LogP contribution in [0.15, 0.2) is 18.2 Å². The Labute approximate surface area is 235 Å². The lowest BCUT2D eigenvalue weighted by molar-refractivity contribution is -0.142. The normalized spacial score (nSPS) is 12.9. The molecule has 0 aliphatic heterocycles. The zero-order chi connectivity index (χ0) is 28.7. The van der Waals surface area contributed by atoms with Crippen molar-refractivity contribution in [2.45, 2.75) is 111 Å². The molecule has 2 unspecified atom stereocenters. The molecular formula is C30H51N3O4S. The summed E-state index contributed by atoms with van der Waals surface area (Å²) in [5.74, 6) is 0.257. The summed E-state index contributed by atoms with van der Waals surface area (Å²) in [5, 5.41) is 5.90. The molecule has 1 aromatic carbocycles. The SMILES string of the molecule is CCCCCCN(C(=O)C(CCSC)NC(=O)OC(C)(C)C)C(C(=O)NCCCC)c1c(C)cccc1C. The highest BCUT2D eigenvalue weighted by Crippen LogP contribution is 2.29. The molecule has 7 nitrogen and oxygen atoms in total. The van der Waals surface area contributed by atoms with Crippen LogP contribution >= 0.6 is 11.8 Å². The van der Waals surface area contributed by atoms with Gasteiger partial charge in [-0.2, -0.15) is 11.8 Å². The Morgan fingerprint density at radius 3 is 2.18 bits per heavy atom. The smallest absolute Gasteiger partial charge is 0.408 e. The number of carbonyl (C=O) groups is 3. The van der Waals surface area contributed by atoms with Crippen molar-refractivity contribution >= 4 is 29.7 Å². The Morgan fingerprint density at radius 1 is 1.00 bits per heavy atom. The summed E-state index contributed by atoms with van der Waals surface area (Å²) < 4.78 is 5.48. The van der Waals surface area contributed by atoms with Gasteiger partial charge in [-0.15, -0.1) is 0 Å². The molecule has 216 valence electrons. The van der Waals surface area contributed by atoms with Crippen LogP contribution in [-0.4, -0.2) is 59.5 Å². The summed E-state index contributed by atoms with van der Waals surface area (Å²) in [7, 11) is 0. The van der Waals surface area contributed by atoms with Crippen molar-refractivity contribution in [2.75, 3.05) is 25.1 Å². The van der Waals surface area contributed by atoms with Crippen molar-refractivity contribution in [3.63, 3.8) is 0 Å². The minimum absolute atomic E-state index is 0.180. The lowest BCUT2D eigenvalue weighted by Crippen LogP contribution is -2.53. The van der Waals surface area contributed by atoms with E-state index in [1.54, 1.807) is 37.4 Å². The lowest BCUT2D eigenvalue weighted by atomic mass is 9.93. The van der Waals surface area contributed by atoms with E-state index in [1.807, 2.05) is 38.3 Å². The predicted octanol–water partition coefficient (Wildman–Crippen LogP) is 6.32. The quantitative estimate of drug-likeness (QED) is 0.236. The Hall–Kier alpha value is -2.22. The van der Waals surface area contributed by atoms with Gasteiger partial charge in [0.05, 0.1) is 0 Å². The highest BCUT2D eigenvalue weighted by molar-refractivity contribution is 7.98. The molecule has 0 aliphatic carbocycles. The fraction of sp³-hybridized carbons (Fsp3) is 0.700. The van der Waals surface area contributed by atoms with E-state index in [0.29, 0.717) is 25.3 Å². The van der Waals surface area contributed by atoms with Gasteiger partial charge in [-0.1, -0.05) is 57.7 Å². The maximum absolute atomic E-state index is 14.3. The highest BCUT2D eigenvalue weighted by Gasteiger charge is 2.37. The summed E-state index contributed by atoms with van der Waals surface area (Å²) in [6, 6.07) is 4.37. The van der Waals surface area contributed by atoms with Gasteiger partial charge < -0.3 is 20.3 Å². The van der Waals surface area contributed by atoms with Crippen molar-refractivity contribution in [3.05, 3.63) is 34.9 Å². The zero-order valence-electron chi connectivity index (χ0n) is 24.9. The first kappa shape index (κ1) is 33.8. The Morgan fingerprint density at radius 2 is 1.63 bits per heavy atom. The molecule has 0 saturated carbocycles. The van der Waals surface area contributed by atoms with Crippen LogP contribution in [0.25, 0.3) is 0 Å². The second kappa shape index (κ2) is 17.4. The molecule has 1 rings (SSSR count). The summed E-state index contributed by atoms with van der Waals surface area (Å²) in [5.41, 5.74) is 2.10. The van der Waals surface area contributed by atoms with E-state index >= 15 is 0 Å². The standard InChI is InChI=1S/C30H51N3O4S/c1-9-11-13-14-20-33(28(35)24(18-21-38-8)32-29(36)37-30(5,6)7)26(27(34)31-19-12-10-2)25-22(3)16-15-17-23(25)4/h15-17,24,26H,9-14,18-21H2,1-8H3,(H,31,34)(H,32,36). The third-order valence-electron chi connectivity index (χ3n) is 6.34. The van der Waals surface area contributed by atoms with E-state index in [0.717, 1.165) is 55.2 Å². The number of ether oxygens (including phenoxy) is 1. The second-order valence-electron chi connectivity index (χ2n) is 10.9. The summed E-state index contributed by atoms with van der Waals surface area (Å²) in [4.78, 5) is 42.5. The van der Waals surface area contributed by atoms with Crippen molar-refractivity contribution in [1.29, 1.82) is 0 Å². The predicted molar refractivity (Wildman–Crippen MR) is 159 cm³/mol. The Balaban J connectivity index is 3.52. The minimum Gasteiger partial charge on any atom is -0.444 e. The lowest BCUT2D eigenvalue weighted by Gasteiger charge is -2.36. The van der Waals surface area contributed by atoms with Gasteiger partial charge in [0.1, 0.15) is 17.7 Å². The zero-order valence-corrected chi connectivity index (χ0v) is 25.8. The largest absolute Gasteiger partial charge is 0.444 e. The number of amides is 3. The van der Waals surface area contributed by atoms with E-state index in [2.05, 4.69) is 24.5 Å². The molecule has 38 heavy (non-hydrogen) atoms. The van der Waals surface area contributed by atoms with Crippen LogP contribution in [0.1, 0.15) is 102 Å². The fourth-order valence-corrected chi connectivity index (χ4v) is 4.86. The van der Waals surface area contributed by atoms with Gasteiger partial charge in [0.15, 0.2) is 0 Å². The molecule has 0 radical (unpaired) electrons. The van der Waals surface area contributed by atoms with Crippen molar-refractivity contribution in [1.82, 2.24) is 15.5 Å². The number of aryl methyl sites for hydroxylation is 2. The molecule has 2 N–H and O–H groups in total. The highest BCUT2D eigenvalue weighted by atomic mass is 32.2. The minimum atomic E-state index is -0.793. The molecule has 1 aromatic rings. The first-order valence-electron chi connectivity index (χ1n) is 14.1. The van der Waals surface area contributed by atoms with Gasteiger partial charge in [0, 0.05) is 13.1 Å².